The fraction of sp³-hybridized carbons (Fsp3) is 0.433. The summed E-state index contributed by atoms with van der Waals surface area (Å²) in [7, 11) is 3.91. The predicted molar refractivity (Wildman–Crippen MR) is 159 cm³/mol. The molecule has 10 heteroatoms. The number of amidine groups is 1. The molecule has 0 saturated carbocycles. The van der Waals surface area contributed by atoms with Crippen LogP contribution in [-0.2, 0) is 15.3 Å². The van der Waals surface area contributed by atoms with Crippen LogP contribution in [0.1, 0.15) is 37.7 Å². The molecule has 2 aromatic rings. The molecule has 1 saturated heterocycles. The maximum absolute atomic E-state index is 9.55. The highest BCUT2D eigenvalue weighted by atomic mass is 32.2. The van der Waals surface area contributed by atoms with E-state index in [0.717, 1.165) is 36.0 Å². The average molecular weight is 570 g/mol. The Morgan fingerprint density at radius 2 is 1.65 bits per heavy atom. The lowest BCUT2D eigenvalue weighted by atomic mass is 10.0. The van der Waals surface area contributed by atoms with Gasteiger partial charge in [0, 0.05) is 44.1 Å². The van der Waals surface area contributed by atoms with Gasteiger partial charge in [0.2, 0.25) is 0 Å². The quantitative estimate of drug-likeness (QED) is 0.275. The Hall–Kier alpha value is -3.50. The van der Waals surface area contributed by atoms with Gasteiger partial charge >= 0.3 is 11.9 Å². The van der Waals surface area contributed by atoms with Crippen molar-refractivity contribution in [2.45, 2.75) is 43.9 Å². The van der Waals surface area contributed by atoms with Gasteiger partial charge < -0.3 is 29.5 Å². The summed E-state index contributed by atoms with van der Waals surface area (Å²) in [6.45, 7) is 4.35. The van der Waals surface area contributed by atoms with Gasteiger partial charge in [-0.25, -0.2) is 14.6 Å². The number of methoxy groups -OCH3 is 1. The number of hydrogen-bond donors (Lipinski definition) is 2. The van der Waals surface area contributed by atoms with E-state index in [1.807, 2.05) is 36.0 Å². The van der Waals surface area contributed by atoms with E-state index in [1.54, 1.807) is 7.11 Å². The average Bonchev–Trinajstić information content (AvgIpc) is 2.98. The molecule has 0 spiro atoms. The van der Waals surface area contributed by atoms with Gasteiger partial charge in [0.25, 0.3) is 0 Å². The molecular weight excluding hydrogens is 530 g/mol. The first-order valence-electron chi connectivity index (χ1n) is 13.5. The van der Waals surface area contributed by atoms with E-state index in [2.05, 4.69) is 41.1 Å². The Balaban J connectivity index is 0.000000482. The highest BCUT2D eigenvalue weighted by molar-refractivity contribution is 8.13. The normalized spacial score (nSPS) is 15.4. The first kappa shape index (κ1) is 31.0. The number of thioether (sulfide) groups is 1. The molecule has 216 valence electrons. The highest BCUT2D eigenvalue weighted by Crippen LogP contribution is 2.33. The molecule has 0 unspecified atom stereocenters. The van der Waals surface area contributed by atoms with Crippen LogP contribution in [0, 0.1) is 0 Å². The van der Waals surface area contributed by atoms with Gasteiger partial charge in [0.05, 0.1) is 19.4 Å². The van der Waals surface area contributed by atoms with Crippen LogP contribution in [0.25, 0.3) is 0 Å². The minimum absolute atomic E-state index is 0.558. The molecule has 9 nitrogen and oxygen atoms in total. The van der Waals surface area contributed by atoms with Crippen molar-refractivity contribution in [2.24, 2.45) is 4.99 Å². The molecule has 0 bridgehead atoms. The van der Waals surface area contributed by atoms with Crippen molar-refractivity contribution in [3.63, 3.8) is 0 Å². The number of carboxylic acid groups (broad SMARTS) is 2. The van der Waals surface area contributed by atoms with Gasteiger partial charge in [-0.05, 0) is 74.5 Å². The fourth-order valence-electron chi connectivity index (χ4n) is 4.51. The molecule has 2 aromatic carbocycles. The van der Waals surface area contributed by atoms with Crippen molar-refractivity contribution < 1.29 is 29.3 Å². The van der Waals surface area contributed by atoms with Crippen molar-refractivity contribution in [1.29, 1.82) is 0 Å². The second-order valence-corrected chi connectivity index (χ2v) is 10.5. The number of likely N-dealkylation sites (tertiary alicyclic amines) is 1. The molecule has 2 N–H and O–H groups in total. The second kappa shape index (κ2) is 16.6. The SMILES string of the molecule is COc1ccc(OCCCCCN2CCC(N(C)C3=Nc4ccccc4CS3)CC2)cc1.O=C(O)/C=C/C(=O)O. The Bertz CT molecular complexity index is 1130. The minimum Gasteiger partial charge on any atom is -0.497 e. The minimum atomic E-state index is -1.26. The summed E-state index contributed by atoms with van der Waals surface area (Å²) in [5.74, 6) is 0.296. The summed E-state index contributed by atoms with van der Waals surface area (Å²) in [6, 6.07) is 16.9. The van der Waals surface area contributed by atoms with Crippen LogP contribution in [0.5, 0.6) is 11.5 Å². The number of ether oxygens (including phenoxy) is 2. The molecular formula is C30H39N3O6S. The van der Waals surface area contributed by atoms with Crippen molar-refractivity contribution in [1.82, 2.24) is 9.80 Å². The molecule has 0 radical (unpaired) electrons. The Kier molecular flexibility index (Phi) is 12.9. The lowest BCUT2D eigenvalue weighted by Gasteiger charge is -2.38. The number of nitrogens with zero attached hydrogens (tertiary/aromatic N) is 3. The van der Waals surface area contributed by atoms with Crippen molar-refractivity contribution in [3.8, 4) is 11.5 Å². The molecule has 0 amide bonds. The highest BCUT2D eigenvalue weighted by Gasteiger charge is 2.26. The molecule has 2 aliphatic rings. The predicted octanol–water partition coefficient (Wildman–Crippen LogP) is 5.29. The topological polar surface area (TPSA) is 112 Å². The largest absolute Gasteiger partial charge is 0.497 e. The summed E-state index contributed by atoms with van der Waals surface area (Å²) in [5.41, 5.74) is 2.49. The van der Waals surface area contributed by atoms with E-state index in [9.17, 15) is 9.59 Å². The smallest absolute Gasteiger partial charge is 0.328 e. The van der Waals surface area contributed by atoms with Gasteiger partial charge in [-0.2, -0.15) is 0 Å². The maximum Gasteiger partial charge on any atom is 0.328 e. The zero-order valence-corrected chi connectivity index (χ0v) is 24.0. The molecule has 40 heavy (non-hydrogen) atoms. The zero-order valence-electron chi connectivity index (χ0n) is 23.2. The van der Waals surface area contributed by atoms with Gasteiger partial charge in [-0.1, -0.05) is 30.0 Å². The van der Waals surface area contributed by atoms with Gasteiger partial charge in [-0.3, -0.25) is 0 Å². The number of unbranched alkanes of at least 4 members (excludes halogenated alkanes) is 2. The number of aliphatic carboxylic acids is 2. The van der Waals surface area contributed by atoms with E-state index in [0.29, 0.717) is 18.2 Å². The number of piperidine rings is 1. The summed E-state index contributed by atoms with van der Waals surface area (Å²) < 4.78 is 11.0. The van der Waals surface area contributed by atoms with E-state index in [4.69, 9.17) is 24.7 Å². The molecule has 2 aliphatic heterocycles. The van der Waals surface area contributed by atoms with Crippen LogP contribution < -0.4 is 9.47 Å². The van der Waals surface area contributed by atoms with Crippen LogP contribution >= 0.6 is 11.8 Å². The lowest BCUT2D eigenvalue weighted by molar-refractivity contribution is -0.134. The zero-order chi connectivity index (χ0) is 28.7. The van der Waals surface area contributed by atoms with Crippen LogP contribution in [-0.4, -0.2) is 83.6 Å². The van der Waals surface area contributed by atoms with Crippen LogP contribution in [0.3, 0.4) is 0 Å². The number of para-hydroxylation sites is 1. The standard InChI is InChI=1S/C26H35N3O2S.C4H4O4/c1-28(26-27-25-9-5-4-8-21(25)20-32-26)22-14-17-29(18-15-22)16-6-3-7-19-31-24-12-10-23(30-2)11-13-24;5-3(6)1-2-4(7)8/h4-5,8-13,22H,3,6-7,14-20H2,1-2H3;1-2H,(H,5,6)(H,7,8)/b;2-1+. The van der Waals surface area contributed by atoms with E-state index >= 15 is 0 Å². The third-order valence-electron chi connectivity index (χ3n) is 6.79. The monoisotopic (exact) mass is 569 g/mol. The molecule has 1 fully saturated rings. The summed E-state index contributed by atoms with van der Waals surface area (Å²) in [4.78, 5) is 29.1. The molecule has 4 rings (SSSR count). The number of fused-ring (bicyclic) bond motifs is 1. The number of carbonyl (C=O) groups is 2. The molecule has 0 aromatic heterocycles. The third kappa shape index (κ3) is 10.6. The third-order valence-corrected chi connectivity index (χ3v) is 7.88. The molecule has 0 atom stereocenters. The Labute approximate surface area is 240 Å². The first-order chi connectivity index (χ1) is 19.4. The lowest BCUT2D eigenvalue weighted by Crippen LogP contribution is -2.45. The number of rotatable bonds is 11. The van der Waals surface area contributed by atoms with Gasteiger partial charge in [0.15, 0.2) is 5.17 Å². The van der Waals surface area contributed by atoms with E-state index in [-0.39, 0.29) is 0 Å². The number of aliphatic imine (C=N–C) groups is 1. The number of carboxylic acids is 2. The van der Waals surface area contributed by atoms with Crippen LogP contribution in [0.4, 0.5) is 5.69 Å². The second-order valence-electron chi connectivity index (χ2n) is 9.59. The first-order valence-corrected chi connectivity index (χ1v) is 14.5. The Morgan fingerprint density at radius 3 is 2.30 bits per heavy atom. The van der Waals surface area contributed by atoms with Crippen molar-refractivity contribution in [2.75, 3.05) is 40.4 Å². The van der Waals surface area contributed by atoms with Crippen LogP contribution in [0.15, 0.2) is 65.7 Å². The van der Waals surface area contributed by atoms with E-state index < -0.39 is 11.9 Å². The van der Waals surface area contributed by atoms with Crippen LogP contribution in [0.2, 0.25) is 0 Å². The fourth-order valence-corrected chi connectivity index (χ4v) is 5.55. The summed E-state index contributed by atoms with van der Waals surface area (Å²) >= 11 is 1.87. The Morgan fingerprint density at radius 1 is 1.00 bits per heavy atom. The molecule has 0 aliphatic carbocycles. The summed E-state index contributed by atoms with van der Waals surface area (Å²) in [6.07, 6.45) is 7.11. The number of benzene rings is 2. The van der Waals surface area contributed by atoms with Gasteiger partial charge in [0.1, 0.15) is 11.5 Å². The van der Waals surface area contributed by atoms with Crippen molar-refractivity contribution >= 4 is 34.6 Å². The van der Waals surface area contributed by atoms with E-state index in [1.165, 1.54) is 56.0 Å². The summed E-state index contributed by atoms with van der Waals surface area (Å²) in [5, 5.41) is 16.8. The number of hydrogen-bond acceptors (Lipinski definition) is 8. The van der Waals surface area contributed by atoms with Crippen molar-refractivity contribution in [3.05, 3.63) is 66.2 Å². The maximum atomic E-state index is 9.55. The van der Waals surface area contributed by atoms with Gasteiger partial charge in [-0.15, -0.1) is 0 Å². The molecule has 2 heterocycles.